The van der Waals surface area contributed by atoms with Gasteiger partial charge >= 0.3 is 5.97 Å². The Bertz CT molecular complexity index is 443. The normalized spacial score (nSPS) is 13.8. The molecule has 0 heterocycles. The van der Waals surface area contributed by atoms with Gasteiger partial charge in [0.25, 0.3) is 0 Å². The molecule has 20 heavy (non-hydrogen) atoms. The van der Waals surface area contributed by atoms with Crippen LogP contribution in [0, 0.1) is 0 Å². The Balaban J connectivity index is 3.10. The smallest absolute Gasteiger partial charge is 0.330 e. The van der Waals surface area contributed by atoms with Crippen molar-refractivity contribution in [3.8, 4) is 11.5 Å². The number of phenols is 2. The summed E-state index contributed by atoms with van der Waals surface area (Å²) in [6.45, 7) is 4.43. The zero-order valence-electron chi connectivity index (χ0n) is 12.0. The van der Waals surface area contributed by atoms with Gasteiger partial charge in [-0.05, 0) is 31.5 Å². The first kappa shape index (κ1) is 16.3. The Morgan fingerprint density at radius 3 is 2.40 bits per heavy atom. The summed E-state index contributed by atoms with van der Waals surface area (Å²) in [7, 11) is 1.56. The molecule has 0 spiro atoms. The highest BCUT2D eigenvalue weighted by molar-refractivity contribution is 5.82. The number of rotatable bonds is 7. The van der Waals surface area contributed by atoms with Gasteiger partial charge in [-0.3, -0.25) is 5.32 Å². The molecule has 0 aliphatic heterocycles. The molecule has 1 aromatic carbocycles. The Labute approximate surface area is 118 Å². The van der Waals surface area contributed by atoms with E-state index < -0.39 is 11.5 Å². The second kappa shape index (κ2) is 7.12. The summed E-state index contributed by atoms with van der Waals surface area (Å²) >= 11 is 0. The minimum Gasteiger partial charge on any atom is -0.508 e. The number of phenolic OH excluding ortho intramolecular Hbond substituents is 2. The first-order chi connectivity index (χ1) is 9.43. The van der Waals surface area contributed by atoms with Crippen molar-refractivity contribution in [2.75, 3.05) is 26.9 Å². The largest absolute Gasteiger partial charge is 0.508 e. The molecule has 0 aliphatic carbocycles. The molecule has 0 saturated carbocycles. The molecule has 1 unspecified atom stereocenters. The molecule has 1 atom stereocenters. The van der Waals surface area contributed by atoms with E-state index in [0.717, 1.165) is 0 Å². The Hall–Kier alpha value is -1.79. The van der Waals surface area contributed by atoms with E-state index in [4.69, 9.17) is 9.47 Å². The van der Waals surface area contributed by atoms with E-state index in [1.165, 1.54) is 18.2 Å². The molecule has 3 N–H and O–H groups in total. The number of aromatic hydroxyl groups is 2. The van der Waals surface area contributed by atoms with Gasteiger partial charge in [0.15, 0.2) is 0 Å². The molecule has 1 aromatic rings. The molecule has 112 valence electrons. The number of ether oxygens (including phenoxy) is 2. The quantitative estimate of drug-likeness (QED) is 0.513. The predicted octanol–water partition coefficient (Wildman–Crippen LogP) is 1.11. The van der Waals surface area contributed by atoms with Crippen molar-refractivity contribution in [1.29, 1.82) is 0 Å². The van der Waals surface area contributed by atoms with Crippen molar-refractivity contribution >= 4 is 5.97 Å². The predicted molar refractivity (Wildman–Crippen MR) is 73.6 cm³/mol. The third-order valence-corrected chi connectivity index (χ3v) is 2.95. The van der Waals surface area contributed by atoms with Crippen molar-refractivity contribution in [1.82, 2.24) is 5.32 Å². The second-order valence-electron chi connectivity index (χ2n) is 4.50. The lowest BCUT2D eigenvalue weighted by Crippen LogP contribution is -2.48. The number of methoxy groups -OCH3 is 1. The maximum Gasteiger partial charge on any atom is 0.330 e. The number of nitrogens with one attached hydrogen (secondary N) is 1. The topological polar surface area (TPSA) is 88.0 Å². The molecule has 6 heteroatoms. The van der Waals surface area contributed by atoms with Crippen molar-refractivity contribution < 1.29 is 24.5 Å². The van der Waals surface area contributed by atoms with Gasteiger partial charge in [-0.1, -0.05) is 0 Å². The maximum absolute atomic E-state index is 12.2. The standard InChI is InChI=1S/C14H21NO5/c1-4-20-13(18)14(2,15-5-6-19-3)10-7-11(16)9-12(17)8-10/h7-9,15-17H,4-6H2,1-3H3. The van der Waals surface area contributed by atoms with Gasteiger partial charge in [-0.2, -0.15) is 0 Å². The lowest BCUT2D eigenvalue weighted by atomic mass is 9.91. The summed E-state index contributed by atoms with van der Waals surface area (Å²) in [5, 5.41) is 22.2. The zero-order valence-corrected chi connectivity index (χ0v) is 12.0. The fraction of sp³-hybridized carbons (Fsp3) is 0.500. The van der Waals surface area contributed by atoms with E-state index in [-0.39, 0.29) is 18.1 Å². The number of esters is 1. The second-order valence-corrected chi connectivity index (χ2v) is 4.50. The van der Waals surface area contributed by atoms with Gasteiger partial charge in [0, 0.05) is 19.7 Å². The summed E-state index contributed by atoms with van der Waals surface area (Å²) in [6.07, 6.45) is 0. The molecule has 0 aromatic heterocycles. The Morgan fingerprint density at radius 1 is 1.30 bits per heavy atom. The van der Waals surface area contributed by atoms with E-state index >= 15 is 0 Å². The van der Waals surface area contributed by atoms with Gasteiger partial charge in [0.1, 0.15) is 17.0 Å². The first-order valence-electron chi connectivity index (χ1n) is 6.38. The fourth-order valence-electron chi connectivity index (χ4n) is 1.85. The van der Waals surface area contributed by atoms with Gasteiger partial charge in [0.2, 0.25) is 0 Å². The molecule has 0 fully saturated rings. The lowest BCUT2D eigenvalue weighted by molar-refractivity contribution is -0.151. The summed E-state index contributed by atoms with van der Waals surface area (Å²) in [6, 6.07) is 4.02. The molecule has 0 aliphatic rings. The van der Waals surface area contributed by atoms with Crippen LogP contribution in [0.1, 0.15) is 19.4 Å². The third kappa shape index (κ3) is 3.85. The van der Waals surface area contributed by atoms with Crippen LogP contribution >= 0.6 is 0 Å². The summed E-state index contributed by atoms with van der Waals surface area (Å²) in [4.78, 5) is 12.2. The van der Waals surface area contributed by atoms with Crippen LogP contribution in [0.15, 0.2) is 18.2 Å². The van der Waals surface area contributed by atoms with Gasteiger partial charge < -0.3 is 19.7 Å². The molecule has 0 radical (unpaired) electrons. The van der Waals surface area contributed by atoms with E-state index in [0.29, 0.717) is 18.7 Å². The van der Waals surface area contributed by atoms with Crippen molar-refractivity contribution in [3.63, 3.8) is 0 Å². The minimum atomic E-state index is -1.18. The summed E-state index contributed by atoms with van der Waals surface area (Å²) in [5.41, 5.74) is -0.755. The SMILES string of the molecule is CCOC(=O)C(C)(NCCOC)c1cc(O)cc(O)c1. The lowest BCUT2D eigenvalue weighted by Gasteiger charge is -2.29. The molecular formula is C14H21NO5. The van der Waals surface area contributed by atoms with Crippen LogP contribution in [-0.4, -0.2) is 43.1 Å². The van der Waals surface area contributed by atoms with Gasteiger partial charge in [0.05, 0.1) is 13.2 Å². The van der Waals surface area contributed by atoms with Gasteiger partial charge in [-0.15, -0.1) is 0 Å². The van der Waals surface area contributed by atoms with Crippen molar-refractivity contribution in [2.45, 2.75) is 19.4 Å². The van der Waals surface area contributed by atoms with Gasteiger partial charge in [-0.25, -0.2) is 4.79 Å². The number of hydrogen-bond donors (Lipinski definition) is 3. The van der Waals surface area contributed by atoms with Crippen LogP contribution in [0.5, 0.6) is 11.5 Å². The van der Waals surface area contributed by atoms with Crippen LogP contribution in [-0.2, 0) is 19.8 Å². The van der Waals surface area contributed by atoms with E-state index in [9.17, 15) is 15.0 Å². The highest BCUT2D eigenvalue weighted by Crippen LogP contribution is 2.29. The van der Waals surface area contributed by atoms with Crippen LogP contribution in [0.3, 0.4) is 0 Å². The average Bonchev–Trinajstić information content (AvgIpc) is 2.38. The van der Waals surface area contributed by atoms with E-state index in [2.05, 4.69) is 5.32 Å². The minimum absolute atomic E-state index is 0.121. The third-order valence-electron chi connectivity index (χ3n) is 2.95. The molecular weight excluding hydrogens is 262 g/mol. The molecule has 6 nitrogen and oxygen atoms in total. The van der Waals surface area contributed by atoms with E-state index in [1.54, 1.807) is 21.0 Å². The average molecular weight is 283 g/mol. The summed E-state index contributed by atoms with van der Waals surface area (Å²) < 4.78 is 10.0. The monoisotopic (exact) mass is 283 g/mol. The molecule has 0 saturated heterocycles. The van der Waals surface area contributed by atoms with Crippen molar-refractivity contribution in [3.05, 3.63) is 23.8 Å². The fourth-order valence-corrected chi connectivity index (χ4v) is 1.85. The highest BCUT2D eigenvalue weighted by Gasteiger charge is 2.36. The molecule has 0 amide bonds. The Morgan fingerprint density at radius 2 is 1.90 bits per heavy atom. The number of hydrogen-bond acceptors (Lipinski definition) is 6. The maximum atomic E-state index is 12.2. The number of carbonyl (C=O) groups is 1. The van der Waals surface area contributed by atoms with Crippen molar-refractivity contribution in [2.24, 2.45) is 0 Å². The number of carbonyl (C=O) groups excluding carboxylic acids is 1. The van der Waals surface area contributed by atoms with Crippen LogP contribution in [0.2, 0.25) is 0 Å². The zero-order chi connectivity index (χ0) is 15.2. The highest BCUT2D eigenvalue weighted by atomic mass is 16.5. The molecule has 1 rings (SSSR count). The van der Waals surface area contributed by atoms with Crippen LogP contribution in [0.25, 0.3) is 0 Å². The number of benzene rings is 1. The Kier molecular flexibility index (Phi) is 5.79. The first-order valence-corrected chi connectivity index (χ1v) is 6.38. The van der Waals surface area contributed by atoms with Crippen LogP contribution < -0.4 is 5.32 Å². The molecule has 0 bridgehead atoms. The van der Waals surface area contributed by atoms with E-state index in [1.807, 2.05) is 0 Å². The van der Waals surface area contributed by atoms with Crippen LogP contribution in [0.4, 0.5) is 0 Å². The summed E-state index contributed by atoms with van der Waals surface area (Å²) in [5.74, 6) is -0.728.